The molecule has 0 aromatic heterocycles. The van der Waals surface area contributed by atoms with Crippen LogP contribution < -0.4 is 9.80 Å². The molecule has 1 atom stereocenters. The van der Waals surface area contributed by atoms with Crippen LogP contribution in [-0.2, 0) is 9.47 Å². The fourth-order valence-electron chi connectivity index (χ4n) is 2.81. The topological polar surface area (TPSA) is 62.2 Å². The van der Waals surface area contributed by atoms with Crippen LogP contribution in [0, 0.1) is 5.82 Å². The van der Waals surface area contributed by atoms with Crippen LogP contribution in [0.2, 0.25) is 0 Å². The Kier molecular flexibility index (Phi) is 3.70. The van der Waals surface area contributed by atoms with Crippen molar-refractivity contribution in [1.29, 1.82) is 0 Å². The summed E-state index contributed by atoms with van der Waals surface area (Å²) in [4.78, 5) is 14.9. The number of anilines is 2. The van der Waals surface area contributed by atoms with Gasteiger partial charge >= 0.3 is 6.09 Å². The number of carbonyl (C=O) groups is 1. The Hall–Kier alpha value is -1.86. The van der Waals surface area contributed by atoms with Gasteiger partial charge in [-0.15, -0.1) is 0 Å². The molecule has 2 heterocycles. The number of benzene rings is 1. The number of ether oxygens (including phenoxy) is 2. The molecular weight excluding hydrogens is 291 g/mol. The third kappa shape index (κ3) is 2.50. The standard InChI is InChI=1S/C15H19FN2O4/c1-15(21-2)8-17(9-15)13-4-3-10(5-12(13)16)18-6-11(7-19)22-14(18)20/h3-5,11,19H,6-9H2,1-2H3. The van der Waals surface area contributed by atoms with Gasteiger partial charge in [0.1, 0.15) is 11.9 Å². The molecule has 0 bridgehead atoms. The Bertz CT molecular complexity index is 589. The Morgan fingerprint density at radius 2 is 2.23 bits per heavy atom. The molecule has 2 saturated heterocycles. The first-order valence-electron chi connectivity index (χ1n) is 7.14. The molecule has 0 saturated carbocycles. The van der Waals surface area contributed by atoms with Gasteiger partial charge in [-0.3, -0.25) is 4.90 Å². The molecular formula is C15H19FN2O4. The molecule has 0 spiro atoms. The smallest absolute Gasteiger partial charge is 0.414 e. The lowest BCUT2D eigenvalue weighted by molar-refractivity contribution is -0.0170. The zero-order valence-electron chi connectivity index (χ0n) is 12.6. The first-order valence-corrected chi connectivity index (χ1v) is 7.14. The van der Waals surface area contributed by atoms with Crippen molar-refractivity contribution in [1.82, 2.24) is 0 Å². The summed E-state index contributed by atoms with van der Waals surface area (Å²) < 4.78 is 24.6. The van der Waals surface area contributed by atoms with E-state index in [0.29, 0.717) is 24.5 Å². The molecule has 0 radical (unpaired) electrons. The zero-order chi connectivity index (χ0) is 15.9. The second-order valence-corrected chi connectivity index (χ2v) is 5.94. The minimum absolute atomic E-state index is 0.222. The lowest BCUT2D eigenvalue weighted by Crippen LogP contribution is -2.61. The van der Waals surface area contributed by atoms with Crippen molar-refractivity contribution in [3.05, 3.63) is 24.0 Å². The van der Waals surface area contributed by atoms with Gasteiger partial charge < -0.3 is 19.5 Å². The molecule has 2 aliphatic heterocycles. The van der Waals surface area contributed by atoms with Crippen LogP contribution in [-0.4, -0.2) is 56.3 Å². The van der Waals surface area contributed by atoms with Crippen molar-refractivity contribution < 1.29 is 23.8 Å². The van der Waals surface area contributed by atoms with Gasteiger partial charge in [0.05, 0.1) is 30.1 Å². The van der Waals surface area contributed by atoms with Crippen LogP contribution >= 0.6 is 0 Å². The van der Waals surface area contributed by atoms with Crippen molar-refractivity contribution in [3.63, 3.8) is 0 Å². The van der Waals surface area contributed by atoms with Gasteiger partial charge in [-0.1, -0.05) is 0 Å². The van der Waals surface area contributed by atoms with Crippen molar-refractivity contribution in [2.24, 2.45) is 0 Å². The maximum absolute atomic E-state index is 14.3. The average Bonchev–Trinajstić information content (AvgIpc) is 2.85. The molecule has 2 aliphatic rings. The zero-order valence-corrected chi connectivity index (χ0v) is 12.6. The number of nitrogens with zero attached hydrogens (tertiary/aromatic N) is 2. The predicted molar refractivity (Wildman–Crippen MR) is 78.7 cm³/mol. The lowest BCUT2D eigenvalue weighted by Gasteiger charge is -2.48. The van der Waals surface area contributed by atoms with Gasteiger partial charge in [0.2, 0.25) is 0 Å². The molecule has 120 valence electrons. The van der Waals surface area contributed by atoms with Gasteiger partial charge in [0, 0.05) is 20.2 Å². The summed E-state index contributed by atoms with van der Waals surface area (Å²) in [5, 5.41) is 9.04. The Morgan fingerprint density at radius 3 is 2.77 bits per heavy atom. The van der Waals surface area contributed by atoms with E-state index < -0.39 is 18.0 Å². The third-order valence-corrected chi connectivity index (χ3v) is 4.20. The van der Waals surface area contributed by atoms with Gasteiger partial charge in [-0.2, -0.15) is 0 Å². The number of aliphatic hydroxyl groups is 1. The summed E-state index contributed by atoms with van der Waals surface area (Å²) in [7, 11) is 1.65. The highest BCUT2D eigenvalue weighted by atomic mass is 19.1. The number of aliphatic hydroxyl groups excluding tert-OH is 1. The minimum Gasteiger partial charge on any atom is -0.441 e. The van der Waals surface area contributed by atoms with Crippen LogP contribution in [0.5, 0.6) is 0 Å². The van der Waals surface area contributed by atoms with Gasteiger partial charge in [-0.25, -0.2) is 9.18 Å². The van der Waals surface area contributed by atoms with Crippen LogP contribution in [0.4, 0.5) is 20.6 Å². The van der Waals surface area contributed by atoms with E-state index in [2.05, 4.69) is 0 Å². The van der Waals surface area contributed by atoms with E-state index in [1.807, 2.05) is 11.8 Å². The molecule has 22 heavy (non-hydrogen) atoms. The molecule has 1 aromatic carbocycles. The van der Waals surface area contributed by atoms with E-state index in [0.717, 1.165) is 0 Å². The minimum atomic E-state index is -0.567. The predicted octanol–water partition coefficient (Wildman–Crippen LogP) is 1.37. The normalized spacial score (nSPS) is 23.5. The Balaban J connectivity index is 1.75. The molecule has 6 nitrogen and oxygen atoms in total. The Morgan fingerprint density at radius 1 is 1.50 bits per heavy atom. The van der Waals surface area contributed by atoms with E-state index in [-0.39, 0.29) is 18.8 Å². The summed E-state index contributed by atoms with van der Waals surface area (Å²) in [6, 6.07) is 4.65. The molecule has 1 N–H and O–H groups in total. The van der Waals surface area contributed by atoms with E-state index in [9.17, 15) is 9.18 Å². The fraction of sp³-hybridized carbons (Fsp3) is 0.533. The lowest BCUT2D eigenvalue weighted by atomic mass is 9.95. The van der Waals surface area contributed by atoms with Gasteiger partial charge in [0.15, 0.2) is 0 Å². The number of cyclic esters (lactones) is 1. The first kappa shape index (κ1) is 15.1. The number of amides is 1. The summed E-state index contributed by atoms with van der Waals surface area (Å²) in [5.74, 6) is -0.393. The van der Waals surface area contributed by atoms with Crippen molar-refractivity contribution in [2.75, 3.05) is 43.2 Å². The van der Waals surface area contributed by atoms with E-state index in [1.165, 1.54) is 11.0 Å². The monoisotopic (exact) mass is 310 g/mol. The quantitative estimate of drug-likeness (QED) is 0.910. The largest absolute Gasteiger partial charge is 0.441 e. The molecule has 1 aromatic rings. The highest BCUT2D eigenvalue weighted by Gasteiger charge is 2.40. The number of hydrogen-bond donors (Lipinski definition) is 1. The summed E-state index contributed by atoms with van der Waals surface area (Å²) in [6.45, 7) is 3.20. The molecule has 1 amide bonds. The SMILES string of the molecule is COC1(C)CN(c2ccc(N3CC(CO)OC3=O)cc2F)C1. The Labute approximate surface area is 128 Å². The van der Waals surface area contributed by atoms with E-state index in [4.69, 9.17) is 14.6 Å². The number of methoxy groups -OCH3 is 1. The van der Waals surface area contributed by atoms with E-state index in [1.54, 1.807) is 19.2 Å². The van der Waals surface area contributed by atoms with Gasteiger partial charge in [-0.05, 0) is 25.1 Å². The summed E-state index contributed by atoms with van der Waals surface area (Å²) in [5.41, 5.74) is 0.680. The van der Waals surface area contributed by atoms with Crippen LogP contribution in [0.15, 0.2) is 18.2 Å². The van der Waals surface area contributed by atoms with E-state index >= 15 is 0 Å². The highest BCUT2D eigenvalue weighted by molar-refractivity contribution is 5.90. The summed E-state index contributed by atoms with van der Waals surface area (Å²) >= 11 is 0. The molecule has 7 heteroatoms. The number of hydrogen-bond acceptors (Lipinski definition) is 5. The maximum Gasteiger partial charge on any atom is 0.414 e. The summed E-state index contributed by atoms with van der Waals surface area (Å²) in [6.07, 6.45) is -1.13. The first-order chi connectivity index (χ1) is 10.5. The van der Waals surface area contributed by atoms with Crippen molar-refractivity contribution >= 4 is 17.5 Å². The third-order valence-electron chi connectivity index (χ3n) is 4.20. The number of carbonyl (C=O) groups excluding carboxylic acids is 1. The molecule has 1 unspecified atom stereocenters. The molecule has 0 aliphatic carbocycles. The van der Waals surface area contributed by atoms with Crippen molar-refractivity contribution in [2.45, 2.75) is 18.6 Å². The second-order valence-electron chi connectivity index (χ2n) is 5.94. The highest BCUT2D eigenvalue weighted by Crippen LogP contribution is 2.34. The molecule has 3 rings (SSSR count). The van der Waals surface area contributed by atoms with Gasteiger partial charge in [0.25, 0.3) is 0 Å². The van der Waals surface area contributed by atoms with Crippen LogP contribution in [0.25, 0.3) is 0 Å². The second kappa shape index (κ2) is 5.40. The average molecular weight is 310 g/mol. The number of halogens is 1. The number of rotatable bonds is 4. The maximum atomic E-state index is 14.3. The van der Waals surface area contributed by atoms with Crippen LogP contribution in [0.1, 0.15) is 6.92 Å². The van der Waals surface area contributed by atoms with Crippen LogP contribution in [0.3, 0.4) is 0 Å². The fourth-order valence-corrected chi connectivity index (χ4v) is 2.81. The van der Waals surface area contributed by atoms with Crippen molar-refractivity contribution in [3.8, 4) is 0 Å². The molecule has 2 fully saturated rings.